The minimum atomic E-state index is -0.520. The second-order valence-electron chi connectivity index (χ2n) is 6.62. The number of thioether (sulfide) groups is 1. The van der Waals surface area contributed by atoms with Crippen LogP contribution in [0.5, 0.6) is 0 Å². The monoisotopic (exact) mass is 420 g/mol. The van der Waals surface area contributed by atoms with E-state index in [0.717, 1.165) is 12.0 Å². The quantitative estimate of drug-likeness (QED) is 0.449. The average Bonchev–Trinajstić information content (AvgIpc) is 3.07. The van der Waals surface area contributed by atoms with Crippen LogP contribution >= 0.6 is 11.8 Å². The SMILES string of the molecule is CCOCCCn1c(S[C@H](C)C(=O)NC(=O)NC(C)C)nnc1-c1ccncc1. The lowest BCUT2D eigenvalue weighted by atomic mass is 10.2. The Morgan fingerprint density at radius 2 is 1.93 bits per heavy atom. The highest BCUT2D eigenvalue weighted by Crippen LogP contribution is 2.27. The van der Waals surface area contributed by atoms with Crippen LogP contribution in [0.1, 0.15) is 34.1 Å². The molecule has 158 valence electrons. The Labute approximate surface area is 175 Å². The first-order valence-electron chi connectivity index (χ1n) is 9.61. The molecule has 2 aromatic heterocycles. The van der Waals surface area contributed by atoms with E-state index in [1.165, 1.54) is 11.8 Å². The highest BCUT2D eigenvalue weighted by molar-refractivity contribution is 8.00. The molecular weight excluding hydrogens is 392 g/mol. The van der Waals surface area contributed by atoms with E-state index in [2.05, 4.69) is 25.8 Å². The molecule has 0 spiro atoms. The average molecular weight is 421 g/mol. The van der Waals surface area contributed by atoms with Gasteiger partial charge in [0.1, 0.15) is 0 Å². The third-order valence-corrected chi connectivity index (χ3v) is 4.92. The molecule has 9 nitrogen and oxygen atoms in total. The number of nitrogens with one attached hydrogen (secondary N) is 2. The zero-order chi connectivity index (χ0) is 21.2. The molecule has 3 amide bonds. The second-order valence-corrected chi connectivity index (χ2v) is 7.93. The molecular formula is C19H28N6O3S. The summed E-state index contributed by atoms with van der Waals surface area (Å²) in [5.74, 6) is 0.319. The minimum absolute atomic E-state index is 0.0536. The van der Waals surface area contributed by atoms with Crippen molar-refractivity contribution in [2.24, 2.45) is 0 Å². The summed E-state index contributed by atoms with van der Waals surface area (Å²) < 4.78 is 7.40. The van der Waals surface area contributed by atoms with E-state index in [1.807, 2.05) is 37.5 Å². The summed E-state index contributed by atoms with van der Waals surface area (Å²) in [6.07, 6.45) is 4.18. The van der Waals surface area contributed by atoms with Crippen molar-refractivity contribution in [3.8, 4) is 11.4 Å². The molecule has 2 aromatic rings. The lowest BCUT2D eigenvalue weighted by molar-refractivity contribution is -0.119. The van der Waals surface area contributed by atoms with Crippen LogP contribution in [0.25, 0.3) is 11.4 Å². The number of hydrogen-bond acceptors (Lipinski definition) is 7. The van der Waals surface area contributed by atoms with E-state index in [4.69, 9.17) is 4.74 Å². The Balaban J connectivity index is 2.13. The largest absolute Gasteiger partial charge is 0.382 e. The van der Waals surface area contributed by atoms with Crippen molar-refractivity contribution >= 4 is 23.7 Å². The fraction of sp³-hybridized carbons (Fsp3) is 0.526. The molecule has 0 aliphatic rings. The van der Waals surface area contributed by atoms with Crippen molar-refractivity contribution in [2.75, 3.05) is 13.2 Å². The van der Waals surface area contributed by atoms with Gasteiger partial charge in [0.2, 0.25) is 5.91 Å². The number of amides is 3. The number of hydrogen-bond donors (Lipinski definition) is 2. The van der Waals surface area contributed by atoms with Gasteiger partial charge >= 0.3 is 6.03 Å². The first kappa shape index (κ1) is 22.8. The number of carbonyl (C=O) groups excluding carboxylic acids is 2. The molecule has 10 heteroatoms. The maximum Gasteiger partial charge on any atom is 0.321 e. The zero-order valence-electron chi connectivity index (χ0n) is 17.2. The number of imide groups is 1. The van der Waals surface area contributed by atoms with Crippen LogP contribution in [0.15, 0.2) is 29.7 Å². The number of aromatic nitrogens is 4. The van der Waals surface area contributed by atoms with Gasteiger partial charge in [-0.15, -0.1) is 10.2 Å². The Morgan fingerprint density at radius 1 is 1.21 bits per heavy atom. The van der Waals surface area contributed by atoms with Gasteiger partial charge in [-0.05, 0) is 46.2 Å². The van der Waals surface area contributed by atoms with Gasteiger partial charge in [-0.1, -0.05) is 11.8 Å². The Hall–Kier alpha value is -2.46. The number of nitrogens with zero attached hydrogens (tertiary/aromatic N) is 4. The van der Waals surface area contributed by atoms with Gasteiger partial charge in [0.25, 0.3) is 0 Å². The summed E-state index contributed by atoms with van der Waals surface area (Å²) in [5, 5.41) is 13.7. The molecule has 2 heterocycles. The molecule has 2 rings (SSSR count). The van der Waals surface area contributed by atoms with Gasteiger partial charge in [-0.3, -0.25) is 15.1 Å². The fourth-order valence-electron chi connectivity index (χ4n) is 2.48. The third kappa shape index (κ3) is 7.13. The fourth-order valence-corrected chi connectivity index (χ4v) is 3.36. The summed E-state index contributed by atoms with van der Waals surface area (Å²) in [6, 6.07) is 3.17. The highest BCUT2D eigenvalue weighted by Gasteiger charge is 2.22. The molecule has 1 atom stereocenters. The molecule has 0 fully saturated rings. The second kappa shape index (κ2) is 11.5. The normalized spacial score (nSPS) is 12.0. The van der Waals surface area contributed by atoms with E-state index < -0.39 is 11.3 Å². The number of rotatable bonds is 10. The molecule has 2 N–H and O–H groups in total. The van der Waals surface area contributed by atoms with Gasteiger partial charge in [0.15, 0.2) is 11.0 Å². The van der Waals surface area contributed by atoms with Crippen molar-refractivity contribution in [1.82, 2.24) is 30.4 Å². The number of ether oxygens (including phenoxy) is 1. The first-order valence-corrected chi connectivity index (χ1v) is 10.5. The molecule has 0 radical (unpaired) electrons. The zero-order valence-corrected chi connectivity index (χ0v) is 18.0. The molecule has 0 saturated heterocycles. The third-order valence-electron chi connectivity index (χ3n) is 3.84. The summed E-state index contributed by atoms with van der Waals surface area (Å²) in [7, 11) is 0. The van der Waals surface area contributed by atoms with Crippen molar-refractivity contribution in [2.45, 2.75) is 57.1 Å². The first-order chi connectivity index (χ1) is 13.9. The van der Waals surface area contributed by atoms with Gasteiger partial charge in [0.05, 0.1) is 5.25 Å². The highest BCUT2D eigenvalue weighted by atomic mass is 32.2. The molecule has 0 aliphatic heterocycles. The predicted octanol–water partition coefficient (Wildman–Crippen LogP) is 2.48. The van der Waals surface area contributed by atoms with Gasteiger partial charge in [-0.25, -0.2) is 4.79 Å². The van der Waals surface area contributed by atoms with Crippen LogP contribution < -0.4 is 10.6 Å². The van der Waals surface area contributed by atoms with Crippen molar-refractivity contribution < 1.29 is 14.3 Å². The molecule has 0 bridgehead atoms. The Kier molecular flexibility index (Phi) is 9.07. The number of urea groups is 1. The van der Waals surface area contributed by atoms with Gasteiger partial charge in [0, 0.05) is 43.8 Å². The number of pyridine rings is 1. The minimum Gasteiger partial charge on any atom is -0.382 e. The van der Waals surface area contributed by atoms with Crippen LogP contribution in [0.3, 0.4) is 0 Å². The van der Waals surface area contributed by atoms with Crippen molar-refractivity contribution in [1.29, 1.82) is 0 Å². The molecule has 0 aromatic carbocycles. The Bertz CT molecular complexity index is 796. The van der Waals surface area contributed by atoms with Crippen LogP contribution in [0.2, 0.25) is 0 Å². The van der Waals surface area contributed by atoms with E-state index >= 15 is 0 Å². The number of carbonyl (C=O) groups is 2. The Morgan fingerprint density at radius 3 is 2.59 bits per heavy atom. The van der Waals surface area contributed by atoms with Gasteiger partial charge in [-0.2, -0.15) is 0 Å². The van der Waals surface area contributed by atoms with Crippen LogP contribution in [-0.2, 0) is 16.1 Å². The van der Waals surface area contributed by atoms with E-state index in [1.54, 1.807) is 19.3 Å². The van der Waals surface area contributed by atoms with E-state index in [0.29, 0.717) is 30.7 Å². The predicted molar refractivity (Wildman–Crippen MR) is 111 cm³/mol. The van der Waals surface area contributed by atoms with Crippen LogP contribution in [0, 0.1) is 0 Å². The summed E-state index contributed by atoms with van der Waals surface area (Å²) in [5.41, 5.74) is 0.893. The summed E-state index contributed by atoms with van der Waals surface area (Å²) >= 11 is 1.26. The van der Waals surface area contributed by atoms with Crippen LogP contribution in [0.4, 0.5) is 4.79 Å². The van der Waals surface area contributed by atoms with Crippen molar-refractivity contribution in [3.63, 3.8) is 0 Å². The maximum atomic E-state index is 12.3. The van der Waals surface area contributed by atoms with Crippen LogP contribution in [-0.4, -0.2) is 56.2 Å². The molecule has 29 heavy (non-hydrogen) atoms. The topological polar surface area (TPSA) is 111 Å². The molecule has 0 saturated carbocycles. The lowest BCUT2D eigenvalue weighted by Gasteiger charge is -2.14. The van der Waals surface area contributed by atoms with Crippen molar-refractivity contribution in [3.05, 3.63) is 24.5 Å². The molecule has 0 unspecified atom stereocenters. The van der Waals surface area contributed by atoms with E-state index in [9.17, 15) is 9.59 Å². The standard InChI is InChI=1S/C19H28N6O3S/c1-5-28-12-6-11-25-16(15-7-9-20-10-8-15)23-24-19(25)29-14(4)17(26)22-18(27)21-13(2)3/h7-10,13-14H,5-6,11-12H2,1-4H3,(H2,21,22,26,27)/t14-/m1/s1. The smallest absolute Gasteiger partial charge is 0.321 e. The summed E-state index contributed by atoms with van der Waals surface area (Å²) in [4.78, 5) is 28.2. The molecule has 0 aliphatic carbocycles. The lowest BCUT2D eigenvalue weighted by Crippen LogP contribution is -2.45. The van der Waals surface area contributed by atoms with E-state index in [-0.39, 0.29) is 11.9 Å². The maximum absolute atomic E-state index is 12.3. The summed E-state index contributed by atoms with van der Waals surface area (Å²) in [6.45, 7) is 9.28. The van der Waals surface area contributed by atoms with Gasteiger partial charge < -0.3 is 14.6 Å².